The quantitative estimate of drug-likeness (QED) is 0.741. The number of benzene rings is 1. The van der Waals surface area contributed by atoms with Gasteiger partial charge in [-0.05, 0) is 37.0 Å². The van der Waals surface area contributed by atoms with Crippen molar-refractivity contribution in [3.8, 4) is 0 Å². The predicted molar refractivity (Wildman–Crippen MR) is 67.1 cm³/mol. The van der Waals surface area contributed by atoms with E-state index in [1.165, 1.54) is 18.2 Å². The van der Waals surface area contributed by atoms with Crippen LogP contribution in [0.5, 0.6) is 0 Å². The van der Waals surface area contributed by atoms with Crippen molar-refractivity contribution in [1.82, 2.24) is 4.72 Å². The normalized spacial score (nSPS) is 13.5. The van der Waals surface area contributed by atoms with Gasteiger partial charge in [0.15, 0.2) is 0 Å². The number of rotatable bonds is 7. The van der Waals surface area contributed by atoms with Gasteiger partial charge in [-0.1, -0.05) is 13.0 Å². The van der Waals surface area contributed by atoms with Crippen LogP contribution in [0, 0.1) is 11.7 Å². The molecule has 0 aliphatic carbocycles. The molecule has 0 aliphatic heterocycles. The molecule has 1 aromatic carbocycles. The second kappa shape index (κ2) is 6.82. The molecule has 0 saturated carbocycles. The number of aliphatic hydroxyl groups is 1. The molecule has 4 nitrogen and oxygen atoms in total. The zero-order valence-electron chi connectivity index (χ0n) is 10.3. The van der Waals surface area contributed by atoms with Gasteiger partial charge in [0.1, 0.15) is 5.82 Å². The first-order chi connectivity index (χ1) is 8.45. The Labute approximate surface area is 107 Å². The topological polar surface area (TPSA) is 66.4 Å². The molecule has 0 spiro atoms. The van der Waals surface area contributed by atoms with E-state index in [0.29, 0.717) is 6.42 Å². The first-order valence-electron chi connectivity index (χ1n) is 5.82. The number of hydrogen-bond acceptors (Lipinski definition) is 3. The molecule has 0 aliphatic rings. The summed E-state index contributed by atoms with van der Waals surface area (Å²) in [4.78, 5) is -0.0716. The smallest absolute Gasteiger partial charge is 0.240 e. The Hall–Kier alpha value is -0.980. The molecule has 0 aromatic heterocycles. The van der Waals surface area contributed by atoms with E-state index in [1.54, 1.807) is 0 Å². The summed E-state index contributed by atoms with van der Waals surface area (Å²) < 4.78 is 38.9. The highest BCUT2D eigenvalue weighted by Gasteiger charge is 2.13. The summed E-state index contributed by atoms with van der Waals surface area (Å²) in [6.07, 6.45) is 1.37. The maximum atomic E-state index is 12.9. The second-order valence-electron chi connectivity index (χ2n) is 4.29. The molecule has 1 rings (SSSR count). The zero-order valence-corrected chi connectivity index (χ0v) is 11.1. The highest BCUT2D eigenvalue weighted by atomic mass is 32.2. The molecule has 102 valence electrons. The number of hydrogen-bond donors (Lipinski definition) is 2. The lowest BCUT2D eigenvalue weighted by molar-refractivity contribution is 0.228. The molecule has 0 amide bonds. The third kappa shape index (κ3) is 4.72. The van der Waals surface area contributed by atoms with Crippen molar-refractivity contribution in [2.75, 3.05) is 13.2 Å². The Bertz CT molecular complexity index is 476. The Morgan fingerprint density at radius 2 is 2.17 bits per heavy atom. The highest BCUT2D eigenvalue weighted by Crippen LogP contribution is 2.10. The molecule has 2 N–H and O–H groups in total. The first kappa shape index (κ1) is 15.1. The molecule has 0 fully saturated rings. The maximum Gasteiger partial charge on any atom is 0.240 e. The van der Waals surface area contributed by atoms with Gasteiger partial charge in [-0.3, -0.25) is 0 Å². The second-order valence-corrected chi connectivity index (χ2v) is 6.05. The van der Waals surface area contributed by atoms with Gasteiger partial charge in [-0.25, -0.2) is 17.5 Å². The third-order valence-corrected chi connectivity index (χ3v) is 4.04. The summed E-state index contributed by atoms with van der Waals surface area (Å²) in [7, 11) is -3.64. The summed E-state index contributed by atoms with van der Waals surface area (Å²) in [6, 6.07) is 4.89. The first-order valence-corrected chi connectivity index (χ1v) is 7.30. The maximum absolute atomic E-state index is 12.9. The molecule has 18 heavy (non-hydrogen) atoms. The van der Waals surface area contributed by atoms with Gasteiger partial charge in [0.05, 0.1) is 4.90 Å². The standard InChI is InChI=1S/C12H18FNO3S/c1-10(9-15)4-3-7-14-18(16,17)12-6-2-5-11(13)8-12/h2,5-6,8,10,14-15H,3-4,7,9H2,1H3. The number of aliphatic hydroxyl groups excluding tert-OH is 1. The van der Waals surface area contributed by atoms with Crippen LogP contribution in [0.25, 0.3) is 0 Å². The van der Waals surface area contributed by atoms with Gasteiger partial charge < -0.3 is 5.11 Å². The molecule has 0 saturated heterocycles. The summed E-state index contributed by atoms with van der Waals surface area (Å²) in [6.45, 7) is 2.26. The summed E-state index contributed by atoms with van der Waals surface area (Å²) in [5.41, 5.74) is 0. The van der Waals surface area contributed by atoms with Gasteiger partial charge in [-0.2, -0.15) is 0 Å². The lowest BCUT2D eigenvalue weighted by Crippen LogP contribution is -2.25. The van der Waals surface area contributed by atoms with E-state index in [0.717, 1.165) is 12.5 Å². The fraction of sp³-hybridized carbons (Fsp3) is 0.500. The van der Waals surface area contributed by atoms with Crippen molar-refractivity contribution in [3.05, 3.63) is 30.1 Å². The molecule has 1 aromatic rings. The fourth-order valence-corrected chi connectivity index (χ4v) is 2.57. The molecule has 6 heteroatoms. The van der Waals surface area contributed by atoms with Crippen molar-refractivity contribution in [1.29, 1.82) is 0 Å². The summed E-state index contributed by atoms with van der Waals surface area (Å²) in [5.74, 6) is -0.421. The molecular weight excluding hydrogens is 257 g/mol. The minimum atomic E-state index is -3.64. The van der Waals surface area contributed by atoms with Crippen molar-refractivity contribution >= 4 is 10.0 Å². The van der Waals surface area contributed by atoms with Crippen LogP contribution in [0.4, 0.5) is 4.39 Å². The predicted octanol–water partition coefficient (Wildman–Crippen LogP) is 1.51. The van der Waals surface area contributed by atoms with Crippen LogP contribution in [-0.4, -0.2) is 26.7 Å². The van der Waals surface area contributed by atoms with Crippen molar-refractivity contribution < 1.29 is 17.9 Å². The van der Waals surface area contributed by atoms with Gasteiger partial charge in [0, 0.05) is 13.2 Å². The van der Waals surface area contributed by atoms with E-state index in [-0.39, 0.29) is 24.0 Å². The number of sulfonamides is 1. The summed E-state index contributed by atoms with van der Waals surface area (Å²) >= 11 is 0. The van der Waals surface area contributed by atoms with Gasteiger partial charge in [0.2, 0.25) is 10.0 Å². The van der Waals surface area contributed by atoms with Crippen LogP contribution >= 0.6 is 0 Å². The molecular formula is C12H18FNO3S. The molecule has 1 atom stereocenters. The molecule has 1 unspecified atom stereocenters. The van der Waals surface area contributed by atoms with E-state index in [2.05, 4.69) is 4.72 Å². The Morgan fingerprint density at radius 1 is 1.44 bits per heavy atom. The van der Waals surface area contributed by atoms with Crippen LogP contribution < -0.4 is 4.72 Å². The van der Waals surface area contributed by atoms with Crippen LogP contribution in [0.3, 0.4) is 0 Å². The molecule has 0 bridgehead atoms. The Balaban J connectivity index is 2.51. The monoisotopic (exact) mass is 275 g/mol. The van der Waals surface area contributed by atoms with E-state index in [4.69, 9.17) is 5.11 Å². The van der Waals surface area contributed by atoms with Crippen LogP contribution in [0.2, 0.25) is 0 Å². The minimum absolute atomic E-state index is 0.0716. The van der Waals surface area contributed by atoms with Crippen LogP contribution in [-0.2, 0) is 10.0 Å². The average molecular weight is 275 g/mol. The van der Waals surface area contributed by atoms with E-state index < -0.39 is 15.8 Å². The largest absolute Gasteiger partial charge is 0.396 e. The fourth-order valence-electron chi connectivity index (χ4n) is 1.47. The highest BCUT2D eigenvalue weighted by molar-refractivity contribution is 7.89. The molecule has 0 heterocycles. The lowest BCUT2D eigenvalue weighted by atomic mass is 10.1. The van der Waals surface area contributed by atoms with Gasteiger partial charge >= 0.3 is 0 Å². The van der Waals surface area contributed by atoms with Gasteiger partial charge in [0.25, 0.3) is 0 Å². The zero-order chi connectivity index (χ0) is 13.6. The van der Waals surface area contributed by atoms with E-state index in [9.17, 15) is 12.8 Å². The van der Waals surface area contributed by atoms with Crippen molar-refractivity contribution in [2.24, 2.45) is 5.92 Å². The lowest BCUT2D eigenvalue weighted by Gasteiger charge is -2.09. The SMILES string of the molecule is CC(CO)CCCNS(=O)(=O)c1cccc(F)c1. The third-order valence-electron chi connectivity index (χ3n) is 2.58. The Kier molecular flexibility index (Phi) is 5.71. The minimum Gasteiger partial charge on any atom is -0.396 e. The molecule has 0 radical (unpaired) electrons. The van der Waals surface area contributed by atoms with Crippen molar-refractivity contribution in [3.63, 3.8) is 0 Å². The van der Waals surface area contributed by atoms with Crippen LogP contribution in [0.1, 0.15) is 19.8 Å². The number of nitrogens with one attached hydrogen (secondary N) is 1. The van der Waals surface area contributed by atoms with Crippen LogP contribution in [0.15, 0.2) is 29.2 Å². The van der Waals surface area contributed by atoms with Gasteiger partial charge in [-0.15, -0.1) is 0 Å². The van der Waals surface area contributed by atoms with E-state index >= 15 is 0 Å². The Morgan fingerprint density at radius 3 is 2.78 bits per heavy atom. The average Bonchev–Trinajstić information content (AvgIpc) is 2.34. The van der Waals surface area contributed by atoms with E-state index in [1.807, 2.05) is 6.92 Å². The summed E-state index contributed by atoms with van der Waals surface area (Å²) in [5, 5.41) is 8.82. The van der Waals surface area contributed by atoms with Crippen molar-refractivity contribution in [2.45, 2.75) is 24.7 Å². The number of halogens is 1.